The molecule has 1 aliphatic heterocycles. The first-order valence-corrected chi connectivity index (χ1v) is 8.97. The summed E-state index contributed by atoms with van der Waals surface area (Å²) in [7, 11) is 1.70. The highest BCUT2D eigenvalue weighted by atomic mass is 16.1. The summed E-state index contributed by atoms with van der Waals surface area (Å²) in [6.45, 7) is 6.15. The van der Waals surface area contributed by atoms with Crippen LogP contribution < -0.4 is 16.2 Å². The van der Waals surface area contributed by atoms with Gasteiger partial charge in [-0.3, -0.25) is 4.79 Å². The molecular formula is C20H23N5O. The van der Waals surface area contributed by atoms with Gasteiger partial charge in [0, 0.05) is 37.7 Å². The van der Waals surface area contributed by atoms with E-state index in [4.69, 9.17) is 4.98 Å². The van der Waals surface area contributed by atoms with Crippen molar-refractivity contribution in [2.24, 2.45) is 7.05 Å². The van der Waals surface area contributed by atoms with Gasteiger partial charge in [-0.05, 0) is 25.5 Å². The largest absolute Gasteiger partial charge is 0.367 e. The van der Waals surface area contributed by atoms with Crippen molar-refractivity contribution in [3.05, 3.63) is 52.6 Å². The minimum atomic E-state index is -0.0926. The summed E-state index contributed by atoms with van der Waals surface area (Å²) in [5.74, 6) is 1.20. The number of nitrogens with one attached hydrogen (secondary N) is 2. The molecule has 2 N–H and O–H groups in total. The number of fused-ring (bicyclic) bond motifs is 1. The highest BCUT2D eigenvalue weighted by Crippen LogP contribution is 2.27. The molecule has 3 aromatic rings. The predicted octanol–water partition coefficient (Wildman–Crippen LogP) is 2.50. The number of benzene rings is 1. The Morgan fingerprint density at radius 1 is 1.23 bits per heavy atom. The third-order valence-electron chi connectivity index (χ3n) is 4.79. The molecule has 0 aliphatic carbocycles. The first kappa shape index (κ1) is 16.7. The standard InChI is InChI=1S/C20H23N5O/c1-12(2)23-19-18-17(22-11-25(3)20(18)26)8-16(24-19)14-6-4-13(5-7-14)15-9-21-10-15/h4-8,11-12,15,21H,9-10H2,1-3H3,(H,23,24). The number of hydrogen-bond acceptors (Lipinski definition) is 5. The van der Waals surface area contributed by atoms with Crippen LogP contribution in [0.25, 0.3) is 22.2 Å². The number of nitrogens with zero attached hydrogens (tertiary/aromatic N) is 3. The molecule has 4 rings (SSSR count). The zero-order chi connectivity index (χ0) is 18.3. The Bertz CT molecular complexity index is 1000. The van der Waals surface area contributed by atoms with Crippen LogP contribution in [0, 0.1) is 0 Å². The molecule has 6 nitrogen and oxygen atoms in total. The zero-order valence-corrected chi connectivity index (χ0v) is 15.3. The van der Waals surface area contributed by atoms with E-state index < -0.39 is 0 Å². The fraction of sp³-hybridized carbons (Fsp3) is 0.350. The van der Waals surface area contributed by atoms with Crippen LogP contribution in [0.2, 0.25) is 0 Å². The van der Waals surface area contributed by atoms with Gasteiger partial charge in [0.2, 0.25) is 0 Å². The minimum absolute atomic E-state index is 0.0926. The molecular weight excluding hydrogens is 326 g/mol. The maximum Gasteiger partial charge on any atom is 0.264 e. The van der Waals surface area contributed by atoms with Crippen LogP contribution in [0.15, 0.2) is 41.5 Å². The second-order valence-corrected chi connectivity index (χ2v) is 7.19. The maximum atomic E-state index is 12.6. The third-order valence-corrected chi connectivity index (χ3v) is 4.79. The Morgan fingerprint density at radius 3 is 2.58 bits per heavy atom. The van der Waals surface area contributed by atoms with Crippen LogP contribution in [-0.2, 0) is 7.05 Å². The second kappa shape index (κ2) is 6.53. The Kier molecular flexibility index (Phi) is 4.20. The topological polar surface area (TPSA) is 71.8 Å². The second-order valence-electron chi connectivity index (χ2n) is 7.19. The van der Waals surface area contributed by atoms with Gasteiger partial charge in [0.05, 0.1) is 17.5 Å². The number of aromatic nitrogens is 3. The van der Waals surface area contributed by atoms with Gasteiger partial charge in [-0.25, -0.2) is 9.97 Å². The van der Waals surface area contributed by atoms with Gasteiger partial charge in [-0.15, -0.1) is 0 Å². The average Bonchev–Trinajstić information content (AvgIpc) is 2.56. The summed E-state index contributed by atoms with van der Waals surface area (Å²) in [6.07, 6.45) is 1.56. The van der Waals surface area contributed by atoms with Crippen molar-refractivity contribution in [3.63, 3.8) is 0 Å². The van der Waals surface area contributed by atoms with Crippen molar-refractivity contribution in [2.75, 3.05) is 18.4 Å². The monoisotopic (exact) mass is 349 g/mol. The first-order chi connectivity index (χ1) is 12.5. The molecule has 3 heterocycles. The molecule has 0 unspecified atom stereocenters. The van der Waals surface area contributed by atoms with Gasteiger partial charge >= 0.3 is 0 Å². The molecule has 1 aromatic carbocycles. The molecule has 1 aliphatic rings. The van der Waals surface area contributed by atoms with Gasteiger partial charge in [0.15, 0.2) is 0 Å². The van der Waals surface area contributed by atoms with Crippen LogP contribution in [0.4, 0.5) is 5.82 Å². The fourth-order valence-electron chi connectivity index (χ4n) is 3.20. The number of pyridine rings is 1. The molecule has 0 saturated carbocycles. The van der Waals surface area contributed by atoms with Crippen molar-refractivity contribution in [2.45, 2.75) is 25.8 Å². The Morgan fingerprint density at radius 2 is 1.96 bits per heavy atom. The highest BCUT2D eigenvalue weighted by Gasteiger charge is 2.19. The molecule has 1 saturated heterocycles. The Labute approximate surface area is 152 Å². The van der Waals surface area contributed by atoms with E-state index in [0.29, 0.717) is 22.6 Å². The fourth-order valence-corrected chi connectivity index (χ4v) is 3.20. The minimum Gasteiger partial charge on any atom is -0.367 e. The van der Waals surface area contributed by atoms with Crippen molar-refractivity contribution >= 4 is 16.7 Å². The van der Waals surface area contributed by atoms with Crippen LogP contribution in [0.3, 0.4) is 0 Å². The third kappa shape index (κ3) is 2.97. The predicted molar refractivity (Wildman–Crippen MR) is 105 cm³/mol. The van der Waals surface area contributed by atoms with E-state index in [1.54, 1.807) is 13.4 Å². The van der Waals surface area contributed by atoms with Gasteiger partial charge in [0.1, 0.15) is 11.2 Å². The van der Waals surface area contributed by atoms with E-state index in [9.17, 15) is 4.79 Å². The van der Waals surface area contributed by atoms with Gasteiger partial charge in [-0.1, -0.05) is 24.3 Å². The van der Waals surface area contributed by atoms with E-state index in [1.807, 2.05) is 19.9 Å². The SMILES string of the molecule is CC(C)Nc1nc(-c2ccc(C3CNC3)cc2)cc2ncn(C)c(=O)c12. The number of anilines is 1. The van der Waals surface area contributed by atoms with E-state index >= 15 is 0 Å². The van der Waals surface area contributed by atoms with E-state index in [2.05, 4.69) is 39.9 Å². The van der Waals surface area contributed by atoms with Crippen LogP contribution in [0.1, 0.15) is 25.3 Å². The van der Waals surface area contributed by atoms with Gasteiger partial charge < -0.3 is 15.2 Å². The first-order valence-electron chi connectivity index (χ1n) is 8.97. The van der Waals surface area contributed by atoms with Crippen LogP contribution in [-0.4, -0.2) is 33.7 Å². The molecule has 0 atom stereocenters. The summed E-state index contributed by atoms with van der Waals surface area (Å²) >= 11 is 0. The highest BCUT2D eigenvalue weighted by molar-refractivity contribution is 5.91. The summed E-state index contributed by atoms with van der Waals surface area (Å²) in [4.78, 5) is 21.8. The Hall–Kier alpha value is -2.73. The summed E-state index contributed by atoms with van der Waals surface area (Å²) in [5, 5.41) is 7.13. The van der Waals surface area contributed by atoms with Crippen LogP contribution in [0.5, 0.6) is 0 Å². The van der Waals surface area contributed by atoms with Crippen molar-refractivity contribution in [1.29, 1.82) is 0 Å². The van der Waals surface area contributed by atoms with E-state index in [0.717, 1.165) is 24.3 Å². The van der Waals surface area contributed by atoms with Gasteiger partial charge in [0.25, 0.3) is 5.56 Å². The lowest BCUT2D eigenvalue weighted by Gasteiger charge is -2.27. The quantitative estimate of drug-likeness (QED) is 0.757. The van der Waals surface area contributed by atoms with Crippen molar-refractivity contribution in [3.8, 4) is 11.3 Å². The molecule has 134 valence electrons. The Balaban J connectivity index is 1.82. The number of hydrogen-bond donors (Lipinski definition) is 2. The average molecular weight is 349 g/mol. The maximum absolute atomic E-state index is 12.6. The summed E-state index contributed by atoms with van der Waals surface area (Å²) in [5.41, 5.74) is 3.76. The molecule has 0 amide bonds. The lowest BCUT2D eigenvalue weighted by Crippen LogP contribution is -2.39. The summed E-state index contributed by atoms with van der Waals surface area (Å²) < 4.78 is 1.48. The normalized spacial score (nSPS) is 14.6. The molecule has 6 heteroatoms. The molecule has 26 heavy (non-hydrogen) atoms. The molecule has 0 radical (unpaired) electrons. The number of rotatable bonds is 4. The van der Waals surface area contributed by atoms with Gasteiger partial charge in [-0.2, -0.15) is 0 Å². The van der Waals surface area contributed by atoms with Crippen LogP contribution >= 0.6 is 0 Å². The van der Waals surface area contributed by atoms with E-state index in [1.165, 1.54) is 10.1 Å². The molecule has 0 spiro atoms. The molecule has 1 fully saturated rings. The van der Waals surface area contributed by atoms with Crippen molar-refractivity contribution in [1.82, 2.24) is 19.9 Å². The number of aryl methyl sites for hydroxylation is 1. The molecule has 0 bridgehead atoms. The summed E-state index contributed by atoms with van der Waals surface area (Å²) in [6, 6.07) is 10.6. The van der Waals surface area contributed by atoms with E-state index in [-0.39, 0.29) is 11.6 Å². The lowest BCUT2D eigenvalue weighted by atomic mass is 9.93. The van der Waals surface area contributed by atoms with Crippen molar-refractivity contribution < 1.29 is 0 Å². The molecule has 2 aromatic heterocycles. The lowest BCUT2D eigenvalue weighted by molar-refractivity contribution is 0.448. The smallest absolute Gasteiger partial charge is 0.264 e. The zero-order valence-electron chi connectivity index (χ0n) is 15.3.